The van der Waals surface area contributed by atoms with Gasteiger partial charge in [-0.3, -0.25) is 4.98 Å². The zero-order chi connectivity index (χ0) is 12.7. The van der Waals surface area contributed by atoms with Gasteiger partial charge in [-0.1, -0.05) is 39.7 Å². The molecule has 1 rings (SSSR count). The molecule has 0 aliphatic carbocycles. The molecule has 0 fully saturated rings. The van der Waals surface area contributed by atoms with Crippen LogP contribution in [-0.4, -0.2) is 17.6 Å². The van der Waals surface area contributed by atoms with Crippen molar-refractivity contribution in [1.29, 1.82) is 0 Å². The van der Waals surface area contributed by atoms with Crippen LogP contribution in [-0.2, 0) is 6.42 Å². The minimum absolute atomic E-state index is 0.560. The maximum Gasteiger partial charge on any atom is 0.0419 e. The second-order valence-electron chi connectivity index (χ2n) is 4.77. The summed E-state index contributed by atoms with van der Waals surface area (Å²) >= 11 is 0. The summed E-state index contributed by atoms with van der Waals surface area (Å²) in [6.45, 7) is 9.85. The minimum atomic E-state index is 0.560. The topological polar surface area (TPSA) is 24.9 Å². The van der Waals surface area contributed by atoms with Gasteiger partial charge >= 0.3 is 0 Å². The monoisotopic (exact) mass is 234 g/mol. The van der Waals surface area contributed by atoms with Crippen molar-refractivity contribution in [2.75, 3.05) is 6.54 Å². The highest BCUT2D eigenvalue weighted by atomic mass is 14.9. The number of pyridine rings is 1. The number of nitrogens with one attached hydrogen (secondary N) is 1. The Morgan fingerprint density at radius 2 is 1.88 bits per heavy atom. The van der Waals surface area contributed by atoms with E-state index >= 15 is 0 Å². The lowest BCUT2D eigenvalue weighted by atomic mass is 9.90. The Morgan fingerprint density at radius 3 is 2.35 bits per heavy atom. The lowest BCUT2D eigenvalue weighted by Gasteiger charge is -2.25. The van der Waals surface area contributed by atoms with Gasteiger partial charge in [-0.25, -0.2) is 0 Å². The Labute approximate surface area is 106 Å². The molecular formula is C15H26N2. The van der Waals surface area contributed by atoms with Crippen molar-refractivity contribution in [1.82, 2.24) is 10.3 Å². The lowest BCUT2D eigenvalue weighted by molar-refractivity contribution is 0.335. The normalized spacial score (nSPS) is 13.0. The van der Waals surface area contributed by atoms with Crippen LogP contribution in [0.15, 0.2) is 18.3 Å². The van der Waals surface area contributed by atoms with E-state index in [0.29, 0.717) is 6.04 Å². The molecule has 1 unspecified atom stereocenters. The summed E-state index contributed by atoms with van der Waals surface area (Å²) < 4.78 is 0. The van der Waals surface area contributed by atoms with Crippen molar-refractivity contribution < 1.29 is 0 Å². The highest BCUT2D eigenvalue weighted by Crippen LogP contribution is 2.16. The predicted molar refractivity (Wildman–Crippen MR) is 74.2 cm³/mol. The number of aromatic nitrogens is 1. The Hall–Kier alpha value is -0.890. The summed E-state index contributed by atoms with van der Waals surface area (Å²) in [6, 6.07) is 4.87. The average molecular weight is 234 g/mol. The summed E-state index contributed by atoms with van der Waals surface area (Å²) in [4.78, 5) is 4.51. The summed E-state index contributed by atoms with van der Waals surface area (Å²) in [5.74, 6) is 0.748. The molecule has 96 valence electrons. The van der Waals surface area contributed by atoms with Crippen LogP contribution in [0.3, 0.4) is 0 Å². The molecule has 0 aliphatic heterocycles. The minimum Gasteiger partial charge on any atom is -0.314 e. The van der Waals surface area contributed by atoms with Crippen LogP contribution in [0.4, 0.5) is 0 Å². The van der Waals surface area contributed by atoms with Gasteiger partial charge in [0, 0.05) is 24.4 Å². The Balaban J connectivity index is 2.68. The van der Waals surface area contributed by atoms with Crippen LogP contribution in [0.25, 0.3) is 0 Å². The van der Waals surface area contributed by atoms with Gasteiger partial charge in [-0.05, 0) is 31.0 Å². The molecule has 0 radical (unpaired) electrons. The molecule has 0 amide bonds. The number of hydrogen-bond donors (Lipinski definition) is 1. The molecule has 1 heterocycles. The standard InChI is InChI=1S/C15H26N2/c1-5-13(6-2)15(16-7-3)10-14-9-8-12(4)11-17-14/h8-9,11,13,15-16H,5-7,10H2,1-4H3. The van der Waals surface area contributed by atoms with Crippen molar-refractivity contribution >= 4 is 0 Å². The van der Waals surface area contributed by atoms with Gasteiger partial charge in [0.15, 0.2) is 0 Å². The van der Waals surface area contributed by atoms with E-state index in [1.807, 2.05) is 6.20 Å². The molecule has 17 heavy (non-hydrogen) atoms. The van der Waals surface area contributed by atoms with Crippen LogP contribution < -0.4 is 5.32 Å². The van der Waals surface area contributed by atoms with E-state index in [0.717, 1.165) is 18.9 Å². The third-order valence-corrected chi connectivity index (χ3v) is 3.49. The Morgan fingerprint density at radius 1 is 1.18 bits per heavy atom. The van der Waals surface area contributed by atoms with Crippen LogP contribution in [0.5, 0.6) is 0 Å². The van der Waals surface area contributed by atoms with Crippen molar-refractivity contribution in [2.45, 2.75) is 53.0 Å². The van der Waals surface area contributed by atoms with E-state index < -0.39 is 0 Å². The van der Waals surface area contributed by atoms with Crippen LogP contribution in [0.2, 0.25) is 0 Å². The van der Waals surface area contributed by atoms with Crippen molar-refractivity contribution in [3.05, 3.63) is 29.6 Å². The molecule has 0 saturated carbocycles. The van der Waals surface area contributed by atoms with E-state index in [9.17, 15) is 0 Å². The molecule has 2 heteroatoms. The van der Waals surface area contributed by atoms with Crippen LogP contribution >= 0.6 is 0 Å². The number of likely N-dealkylation sites (N-methyl/N-ethyl adjacent to an activating group) is 1. The summed E-state index contributed by atoms with van der Waals surface area (Å²) in [6.07, 6.45) is 5.48. The number of hydrogen-bond acceptors (Lipinski definition) is 2. The quantitative estimate of drug-likeness (QED) is 0.782. The summed E-state index contributed by atoms with van der Waals surface area (Å²) in [5.41, 5.74) is 2.43. The smallest absolute Gasteiger partial charge is 0.0419 e. The third kappa shape index (κ3) is 4.47. The van der Waals surface area contributed by atoms with E-state index in [1.165, 1.54) is 24.1 Å². The first-order chi connectivity index (χ1) is 8.21. The molecule has 0 aliphatic rings. The van der Waals surface area contributed by atoms with Gasteiger partial charge in [-0.2, -0.15) is 0 Å². The van der Waals surface area contributed by atoms with Gasteiger partial charge in [-0.15, -0.1) is 0 Å². The molecule has 0 bridgehead atoms. The van der Waals surface area contributed by atoms with Gasteiger partial charge in [0.05, 0.1) is 0 Å². The third-order valence-electron chi connectivity index (χ3n) is 3.49. The van der Waals surface area contributed by atoms with Crippen molar-refractivity contribution in [3.8, 4) is 0 Å². The second-order valence-corrected chi connectivity index (χ2v) is 4.77. The van der Waals surface area contributed by atoms with E-state index in [4.69, 9.17) is 0 Å². The number of nitrogens with zero attached hydrogens (tertiary/aromatic N) is 1. The zero-order valence-corrected chi connectivity index (χ0v) is 11.7. The SMILES string of the molecule is CCNC(Cc1ccc(C)cn1)C(CC)CC. The number of aryl methyl sites for hydroxylation is 1. The van der Waals surface area contributed by atoms with Gasteiger partial charge in [0.2, 0.25) is 0 Å². The first kappa shape index (κ1) is 14.2. The van der Waals surface area contributed by atoms with Crippen LogP contribution in [0.1, 0.15) is 44.9 Å². The van der Waals surface area contributed by atoms with Crippen LogP contribution in [0, 0.1) is 12.8 Å². The van der Waals surface area contributed by atoms with Crippen molar-refractivity contribution in [3.63, 3.8) is 0 Å². The molecule has 1 aromatic rings. The molecule has 0 aromatic carbocycles. The molecule has 0 spiro atoms. The second kappa shape index (κ2) is 7.44. The van der Waals surface area contributed by atoms with Gasteiger partial charge in [0.25, 0.3) is 0 Å². The van der Waals surface area contributed by atoms with Gasteiger partial charge < -0.3 is 5.32 Å². The lowest BCUT2D eigenvalue weighted by Crippen LogP contribution is -2.37. The molecular weight excluding hydrogens is 208 g/mol. The zero-order valence-electron chi connectivity index (χ0n) is 11.7. The fourth-order valence-corrected chi connectivity index (χ4v) is 2.37. The maximum absolute atomic E-state index is 4.51. The van der Waals surface area contributed by atoms with E-state index in [1.54, 1.807) is 0 Å². The maximum atomic E-state index is 4.51. The average Bonchev–Trinajstić information content (AvgIpc) is 2.34. The first-order valence-electron chi connectivity index (χ1n) is 6.86. The fraction of sp³-hybridized carbons (Fsp3) is 0.667. The van der Waals surface area contributed by atoms with Crippen molar-refractivity contribution in [2.24, 2.45) is 5.92 Å². The Bertz CT molecular complexity index is 301. The number of rotatable bonds is 7. The largest absolute Gasteiger partial charge is 0.314 e. The summed E-state index contributed by atoms with van der Waals surface area (Å²) in [7, 11) is 0. The summed E-state index contributed by atoms with van der Waals surface area (Å²) in [5, 5.41) is 3.61. The molecule has 1 atom stereocenters. The molecule has 1 N–H and O–H groups in total. The predicted octanol–water partition coefficient (Wildman–Crippen LogP) is 3.35. The highest BCUT2D eigenvalue weighted by molar-refractivity contribution is 5.13. The van der Waals surface area contributed by atoms with E-state index in [2.05, 4.69) is 50.1 Å². The van der Waals surface area contributed by atoms with E-state index in [-0.39, 0.29) is 0 Å². The molecule has 0 saturated heterocycles. The Kier molecular flexibility index (Phi) is 6.20. The molecule has 2 nitrogen and oxygen atoms in total. The van der Waals surface area contributed by atoms with Gasteiger partial charge in [0.1, 0.15) is 0 Å². The first-order valence-corrected chi connectivity index (χ1v) is 6.86. The molecule has 1 aromatic heterocycles. The highest BCUT2D eigenvalue weighted by Gasteiger charge is 2.18. The fourth-order valence-electron chi connectivity index (χ4n) is 2.37.